The van der Waals surface area contributed by atoms with Gasteiger partial charge in [0.25, 0.3) is 5.89 Å². The Morgan fingerprint density at radius 3 is 2.70 bits per heavy atom. The Kier molecular flexibility index (Phi) is 10.2. The van der Waals surface area contributed by atoms with E-state index in [-0.39, 0.29) is 7.53 Å². The highest BCUT2D eigenvalue weighted by atomic mass is 16.5. The molecule has 0 amide bonds. The van der Waals surface area contributed by atoms with Crippen molar-refractivity contribution in [2.45, 2.75) is 39.2 Å². The number of ether oxygens (including phenoxy) is 2. The predicted octanol–water partition coefficient (Wildman–Crippen LogP) is 4.42. The van der Waals surface area contributed by atoms with E-state index < -0.39 is 0 Å². The zero-order chi connectivity index (χ0) is 24.2. The van der Waals surface area contributed by atoms with Crippen LogP contribution in [0.4, 0.5) is 0 Å². The van der Waals surface area contributed by atoms with Crippen molar-refractivity contribution in [2.75, 3.05) is 20.9 Å². The Morgan fingerprint density at radius 2 is 2.06 bits per heavy atom. The Bertz CT molecular complexity index is 1080. The minimum atomic E-state index is 0. The molecule has 0 saturated carbocycles. The van der Waals surface area contributed by atoms with Crippen LogP contribution in [-0.4, -0.2) is 43.9 Å². The molecule has 33 heavy (non-hydrogen) atoms. The molecule has 3 aromatic rings. The van der Waals surface area contributed by atoms with Gasteiger partial charge in [0.15, 0.2) is 0 Å². The van der Waals surface area contributed by atoms with Gasteiger partial charge in [-0.1, -0.05) is 23.4 Å². The number of rotatable bonds is 6. The van der Waals surface area contributed by atoms with Crippen LogP contribution in [-0.2, 0) is 22.4 Å². The largest absolute Gasteiger partial charge is 0.490 e. The smallest absolute Gasteiger partial charge is 0.258 e. The van der Waals surface area contributed by atoms with Crippen molar-refractivity contribution in [1.29, 1.82) is 5.26 Å². The number of methoxy groups -OCH3 is 1. The number of fused-ring (bicyclic) bond motifs is 1. The molecular weight excluding hydrogens is 420 g/mol. The Balaban J connectivity index is 0.000000645. The van der Waals surface area contributed by atoms with Crippen molar-refractivity contribution < 1.29 is 20.2 Å². The van der Waals surface area contributed by atoms with Crippen LogP contribution in [0.2, 0.25) is 0 Å². The summed E-state index contributed by atoms with van der Waals surface area (Å²) in [4.78, 5) is 12.6. The van der Waals surface area contributed by atoms with Gasteiger partial charge in [0.05, 0.1) is 18.4 Å². The van der Waals surface area contributed by atoms with Crippen molar-refractivity contribution in [3.8, 4) is 34.7 Å². The number of carbonyl (C=O) groups is 1. The second-order valence-electron chi connectivity index (χ2n) is 7.50. The fourth-order valence-electron chi connectivity index (χ4n) is 3.53. The van der Waals surface area contributed by atoms with Crippen LogP contribution in [0, 0.1) is 11.3 Å². The minimum absolute atomic E-state index is 0. The molecule has 0 bridgehead atoms. The molecule has 1 aliphatic carbocycles. The van der Waals surface area contributed by atoms with E-state index in [1.54, 1.807) is 19.2 Å². The van der Waals surface area contributed by atoms with Gasteiger partial charge in [-0.2, -0.15) is 10.2 Å². The monoisotopic (exact) mass is 452 g/mol. The zero-order valence-electron chi connectivity index (χ0n) is 19.6. The third-order valence-corrected chi connectivity index (χ3v) is 4.81. The van der Waals surface area contributed by atoms with E-state index in [1.165, 1.54) is 17.5 Å². The molecule has 0 aliphatic heterocycles. The van der Waals surface area contributed by atoms with E-state index in [0.717, 1.165) is 18.4 Å². The Hall–Kier alpha value is -3.54. The van der Waals surface area contributed by atoms with E-state index >= 15 is 0 Å². The molecule has 8 heteroatoms. The molecule has 0 spiro atoms. The third-order valence-electron chi connectivity index (χ3n) is 4.81. The molecule has 1 aliphatic rings. The fraction of sp³-hybridized carbons (Fsp3) is 0.360. The molecule has 0 atom stereocenters. The molecule has 1 aromatic heterocycles. The summed E-state index contributed by atoms with van der Waals surface area (Å²) in [6, 6.07) is 13.8. The first kappa shape index (κ1) is 25.7. The molecule has 2 aromatic carbocycles. The Labute approximate surface area is 196 Å². The Morgan fingerprint density at radius 1 is 1.27 bits per heavy atom. The lowest BCUT2D eigenvalue weighted by atomic mass is 10.0. The highest BCUT2D eigenvalue weighted by Gasteiger charge is 2.19. The van der Waals surface area contributed by atoms with Crippen molar-refractivity contribution in [1.82, 2.24) is 15.5 Å². The normalized spacial score (nSPS) is 11.5. The van der Waals surface area contributed by atoms with Crippen LogP contribution in [0.25, 0.3) is 22.8 Å². The minimum Gasteiger partial charge on any atom is -0.490 e. The van der Waals surface area contributed by atoms with Crippen LogP contribution >= 0.6 is 0 Å². The number of hydrogen-bond acceptors (Lipinski definition) is 8. The summed E-state index contributed by atoms with van der Waals surface area (Å²) in [5, 5.41) is 16.4. The number of aromatic nitrogens is 2. The first-order valence-corrected chi connectivity index (χ1v) is 10.7. The van der Waals surface area contributed by atoms with Gasteiger partial charge >= 0.3 is 0 Å². The summed E-state index contributed by atoms with van der Waals surface area (Å²) in [7, 11) is 3.49. The molecule has 0 saturated heterocycles. The zero-order valence-corrected chi connectivity index (χ0v) is 19.6. The molecule has 4 rings (SSSR count). The van der Waals surface area contributed by atoms with Gasteiger partial charge < -0.3 is 18.8 Å². The number of hydrogen-bond donors (Lipinski definition) is 1. The van der Waals surface area contributed by atoms with Crippen molar-refractivity contribution in [2.24, 2.45) is 0 Å². The third kappa shape index (κ3) is 6.72. The maximum Gasteiger partial charge on any atom is 0.258 e. The number of nitrogens with zero attached hydrogens (tertiary/aromatic N) is 3. The molecular formula is C25H32N4O4. The number of carbonyl (C=O) groups excluding carboxylic acids is 1. The number of aryl methyl sites for hydroxylation is 1. The first-order chi connectivity index (χ1) is 16.1. The summed E-state index contributed by atoms with van der Waals surface area (Å²) in [5.41, 5.74) is 4.89. The van der Waals surface area contributed by atoms with Crippen LogP contribution in [0.3, 0.4) is 0 Å². The molecule has 0 fully saturated rings. The summed E-state index contributed by atoms with van der Waals surface area (Å²) >= 11 is 0. The van der Waals surface area contributed by atoms with Gasteiger partial charge in [-0.15, -0.1) is 0 Å². The number of benzene rings is 2. The highest BCUT2D eigenvalue weighted by Crippen LogP contribution is 2.32. The van der Waals surface area contributed by atoms with E-state index in [1.807, 2.05) is 45.9 Å². The molecule has 0 unspecified atom stereocenters. The van der Waals surface area contributed by atoms with Crippen LogP contribution in [0.15, 0.2) is 40.9 Å². The maximum absolute atomic E-state index is 9.40. The highest BCUT2D eigenvalue weighted by molar-refractivity contribution is 5.66. The lowest BCUT2D eigenvalue weighted by molar-refractivity contribution is -0.0980. The molecule has 1 heterocycles. The van der Waals surface area contributed by atoms with Gasteiger partial charge in [-0.3, -0.25) is 5.32 Å². The molecule has 1 N–H and O–H groups in total. The van der Waals surface area contributed by atoms with E-state index in [0.29, 0.717) is 35.3 Å². The predicted molar refractivity (Wildman–Crippen MR) is 128 cm³/mol. The van der Waals surface area contributed by atoms with Crippen molar-refractivity contribution in [3.63, 3.8) is 0 Å². The van der Waals surface area contributed by atoms with E-state index in [2.05, 4.69) is 32.3 Å². The lowest BCUT2D eigenvalue weighted by Gasteiger charge is -2.11. The van der Waals surface area contributed by atoms with Gasteiger partial charge in [-0.05, 0) is 69.5 Å². The summed E-state index contributed by atoms with van der Waals surface area (Å²) in [5.74, 6) is 1.56. The van der Waals surface area contributed by atoms with E-state index in [9.17, 15) is 5.26 Å². The topological polar surface area (TPSA) is 110 Å². The van der Waals surface area contributed by atoms with Crippen molar-refractivity contribution in [3.05, 3.63) is 53.1 Å². The van der Waals surface area contributed by atoms with Crippen LogP contribution < -0.4 is 10.1 Å². The second kappa shape index (κ2) is 13.1. The average molecular weight is 453 g/mol. The van der Waals surface area contributed by atoms with Gasteiger partial charge in [0.2, 0.25) is 5.82 Å². The first-order valence-electron chi connectivity index (χ1n) is 10.7. The quantitative estimate of drug-likeness (QED) is 0.547. The standard InChI is InChI=1S/C21H19N3O2.C3H9NO.CH2O.H2/c1-13(2)25-19-10-9-15(11-16(19)12-22)21-23-20(24-26-21)18-8-4-6-14-5-3-7-17(14)18;1-4-3-5-2;1-2;/h4,6,8-11,13H,3,5,7H2,1-2H3;4H,3H2,1-2H3;1H2;1H. The number of nitriles is 1. The van der Waals surface area contributed by atoms with Gasteiger partial charge in [0, 0.05) is 19.7 Å². The average Bonchev–Trinajstić information content (AvgIpc) is 3.51. The molecule has 8 nitrogen and oxygen atoms in total. The fourth-order valence-corrected chi connectivity index (χ4v) is 3.53. The van der Waals surface area contributed by atoms with Gasteiger partial charge in [-0.25, -0.2) is 0 Å². The van der Waals surface area contributed by atoms with E-state index in [4.69, 9.17) is 14.1 Å². The molecule has 176 valence electrons. The van der Waals surface area contributed by atoms with Crippen LogP contribution in [0.1, 0.15) is 38.4 Å². The van der Waals surface area contributed by atoms with Crippen molar-refractivity contribution >= 4 is 6.79 Å². The molecule has 0 radical (unpaired) electrons. The SMILES string of the molecule is C=O.CC(C)Oc1ccc(-c2nc(-c3cccc4c3CCC4)no2)cc1C#N.CNCOC.[HH]. The van der Waals surface area contributed by atoms with Crippen LogP contribution in [0.5, 0.6) is 5.75 Å². The maximum atomic E-state index is 9.40. The number of nitrogens with one attached hydrogen (secondary N) is 1. The lowest BCUT2D eigenvalue weighted by Crippen LogP contribution is -2.08. The van der Waals surface area contributed by atoms with Gasteiger partial charge in [0.1, 0.15) is 18.6 Å². The summed E-state index contributed by atoms with van der Waals surface area (Å²) in [6.07, 6.45) is 3.33. The summed E-state index contributed by atoms with van der Waals surface area (Å²) < 4.78 is 15.7. The summed E-state index contributed by atoms with van der Waals surface area (Å²) in [6.45, 7) is 6.50. The second-order valence-corrected chi connectivity index (χ2v) is 7.50.